The van der Waals surface area contributed by atoms with Crippen molar-refractivity contribution in [1.82, 2.24) is 0 Å². The lowest BCUT2D eigenvalue weighted by Gasteiger charge is -2.30. The Morgan fingerprint density at radius 1 is 1.18 bits per heavy atom. The summed E-state index contributed by atoms with van der Waals surface area (Å²) in [6.45, 7) is 10.6. The lowest BCUT2D eigenvalue weighted by molar-refractivity contribution is 0.110. The van der Waals surface area contributed by atoms with E-state index in [1.807, 2.05) is 18.2 Å². The molecule has 0 saturated heterocycles. The number of benzene rings is 1. The molecule has 0 bridgehead atoms. The van der Waals surface area contributed by atoms with Crippen LogP contribution in [-0.4, -0.2) is 9.76 Å². The summed E-state index contributed by atoms with van der Waals surface area (Å²) >= 11 is 3.47. The number of hydrogen-bond acceptors (Lipinski definition) is 2. The summed E-state index contributed by atoms with van der Waals surface area (Å²) in [6.07, 6.45) is 0. The van der Waals surface area contributed by atoms with Gasteiger partial charge in [-0.25, -0.2) is 0 Å². The van der Waals surface area contributed by atoms with Gasteiger partial charge in [-0.3, -0.25) is 0 Å². The van der Waals surface area contributed by atoms with Gasteiger partial charge in [-0.05, 0) is 37.1 Å². The van der Waals surface area contributed by atoms with Crippen molar-refractivity contribution in [3.63, 3.8) is 0 Å². The Morgan fingerprint density at radius 2 is 1.76 bits per heavy atom. The van der Waals surface area contributed by atoms with Crippen molar-refractivity contribution in [3.8, 4) is 0 Å². The van der Waals surface area contributed by atoms with Crippen molar-refractivity contribution in [2.75, 3.05) is 5.73 Å². The SMILES string of the molecule is CC(C)(C)[Si]OC(C)(C)c1cc(Br)ccc1N. The minimum atomic E-state index is -0.362. The summed E-state index contributed by atoms with van der Waals surface area (Å²) in [5.41, 5.74) is 7.46. The van der Waals surface area contributed by atoms with Crippen molar-refractivity contribution in [2.24, 2.45) is 0 Å². The van der Waals surface area contributed by atoms with Crippen LogP contribution in [0, 0.1) is 0 Å². The molecule has 2 N–H and O–H groups in total. The smallest absolute Gasteiger partial charge is 0.236 e. The van der Waals surface area contributed by atoms with E-state index in [0.29, 0.717) is 9.76 Å². The minimum absolute atomic E-state index is 0.179. The van der Waals surface area contributed by atoms with Crippen LogP contribution in [0.2, 0.25) is 5.04 Å². The second-order valence-corrected chi connectivity index (χ2v) is 8.52. The molecule has 0 fully saturated rings. The molecule has 2 radical (unpaired) electrons. The zero-order valence-electron chi connectivity index (χ0n) is 11.1. The molecule has 17 heavy (non-hydrogen) atoms. The maximum atomic E-state index is 6.04. The Labute approximate surface area is 115 Å². The summed E-state index contributed by atoms with van der Waals surface area (Å²) in [4.78, 5) is 0. The Bertz CT molecular complexity index is 399. The second-order valence-electron chi connectivity index (χ2n) is 5.70. The lowest BCUT2D eigenvalue weighted by Crippen LogP contribution is -2.28. The summed E-state index contributed by atoms with van der Waals surface area (Å²) in [7, 11) is 0.441. The molecule has 0 unspecified atom stereocenters. The van der Waals surface area contributed by atoms with Gasteiger partial charge in [0.1, 0.15) is 0 Å². The van der Waals surface area contributed by atoms with E-state index in [1.165, 1.54) is 0 Å². The van der Waals surface area contributed by atoms with E-state index in [9.17, 15) is 0 Å². The molecule has 0 spiro atoms. The van der Waals surface area contributed by atoms with Gasteiger partial charge in [-0.1, -0.05) is 36.7 Å². The Balaban J connectivity index is 2.92. The fourth-order valence-electron chi connectivity index (χ4n) is 1.39. The summed E-state index contributed by atoms with van der Waals surface area (Å²) < 4.78 is 7.07. The van der Waals surface area contributed by atoms with E-state index in [1.54, 1.807) is 0 Å². The molecule has 2 nitrogen and oxygen atoms in total. The van der Waals surface area contributed by atoms with Gasteiger partial charge in [0.25, 0.3) is 0 Å². The van der Waals surface area contributed by atoms with Crippen molar-refractivity contribution < 1.29 is 4.43 Å². The molecule has 0 aliphatic rings. The van der Waals surface area contributed by atoms with Gasteiger partial charge >= 0.3 is 0 Å². The maximum Gasteiger partial charge on any atom is 0.236 e. The zero-order valence-corrected chi connectivity index (χ0v) is 13.7. The molecular weight excluding hydrogens is 294 g/mol. The van der Waals surface area contributed by atoms with Gasteiger partial charge in [-0.15, -0.1) is 0 Å². The number of nitrogens with two attached hydrogens (primary N) is 1. The van der Waals surface area contributed by atoms with Crippen LogP contribution in [0.3, 0.4) is 0 Å². The average molecular weight is 314 g/mol. The monoisotopic (exact) mass is 313 g/mol. The fraction of sp³-hybridized carbons (Fsp3) is 0.538. The highest BCUT2D eigenvalue weighted by atomic mass is 79.9. The number of nitrogen functional groups attached to an aromatic ring is 1. The Morgan fingerprint density at radius 3 is 2.29 bits per heavy atom. The third-order valence-corrected chi connectivity index (χ3v) is 3.99. The van der Waals surface area contributed by atoms with Crippen LogP contribution < -0.4 is 5.73 Å². The molecule has 1 aromatic carbocycles. The number of rotatable bonds is 3. The van der Waals surface area contributed by atoms with E-state index in [-0.39, 0.29) is 10.6 Å². The largest absolute Gasteiger partial charge is 0.408 e. The first kappa shape index (κ1) is 14.7. The van der Waals surface area contributed by atoms with Crippen LogP contribution in [0.25, 0.3) is 0 Å². The predicted molar refractivity (Wildman–Crippen MR) is 78.1 cm³/mol. The molecule has 4 heteroatoms. The van der Waals surface area contributed by atoms with Crippen molar-refractivity contribution in [3.05, 3.63) is 28.2 Å². The van der Waals surface area contributed by atoms with Crippen molar-refractivity contribution >= 4 is 31.4 Å². The van der Waals surface area contributed by atoms with Crippen LogP contribution in [0.15, 0.2) is 22.7 Å². The predicted octanol–water partition coefficient (Wildman–Crippen LogP) is 4.12. The summed E-state index contributed by atoms with van der Waals surface area (Å²) in [5.74, 6) is 0. The molecule has 0 saturated carbocycles. The average Bonchev–Trinajstić information content (AvgIpc) is 2.18. The summed E-state index contributed by atoms with van der Waals surface area (Å²) in [5, 5.41) is 0.179. The van der Waals surface area contributed by atoms with Gasteiger partial charge in [0, 0.05) is 15.7 Å². The van der Waals surface area contributed by atoms with Gasteiger partial charge in [0.15, 0.2) is 0 Å². The molecular formula is C13H20BrNOSi. The molecule has 1 rings (SSSR count). The first-order chi connectivity index (χ1) is 7.62. The highest BCUT2D eigenvalue weighted by molar-refractivity contribution is 9.10. The number of anilines is 1. The molecule has 0 aliphatic carbocycles. The Kier molecular flexibility index (Phi) is 4.44. The maximum absolute atomic E-state index is 6.04. The van der Waals surface area contributed by atoms with Crippen LogP contribution in [0.4, 0.5) is 5.69 Å². The topological polar surface area (TPSA) is 35.2 Å². The molecule has 1 aromatic rings. The van der Waals surface area contributed by atoms with Gasteiger partial charge in [-0.2, -0.15) is 0 Å². The highest BCUT2D eigenvalue weighted by Gasteiger charge is 2.27. The quantitative estimate of drug-likeness (QED) is 0.673. The molecule has 0 amide bonds. The molecule has 0 aromatic heterocycles. The van der Waals surface area contributed by atoms with E-state index < -0.39 is 0 Å². The fourth-order valence-corrected chi connectivity index (χ4v) is 2.42. The molecule has 0 aliphatic heterocycles. The minimum Gasteiger partial charge on any atom is -0.408 e. The molecule has 0 heterocycles. The first-order valence-corrected chi connectivity index (χ1v) is 7.33. The third-order valence-electron chi connectivity index (χ3n) is 2.28. The van der Waals surface area contributed by atoms with Crippen molar-refractivity contribution in [1.29, 1.82) is 0 Å². The number of hydrogen-bond donors (Lipinski definition) is 1. The van der Waals surface area contributed by atoms with Crippen LogP contribution in [0.5, 0.6) is 0 Å². The summed E-state index contributed by atoms with van der Waals surface area (Å²) in [6, 6.07) is 5.88. The van der Waals surface area contributed by atoms with Gasteiger partial charge in [0.05, 0.1) is 5.60 Å². The second kappa shape index (κ2) is 5.12. The normalized spacial score (nSPS) is 12.8. The van der Waals surface area contributed by atoms with E-state index in [4.69, 9.17) is 10.2 Å². The van der Waals surface area contributed by atoms with Crippen LogP contribution in [0.1, 0.15) is 40.2 Å². The van der Waals surface area contributed by atoms with E-state index in [2.05, 4.69) is 50.5 Å². The van der Waals surface area contributed by atoms with Crippen LogP contribution >= 0.6 is 15.9 Å². The zero-order chi connectivity index (χ0) is 13.3. The lowest BCUT2D eigenvalue weighted by atomic mass is 9.97. The highest BCUT2D eigenvalue weighted by Crippen LogP contribution is 2.33. The van der Waals surface area contributed by atoms with Crippen molar-refractivity contribution in [2.45, 2.75) is 45.3 Å². The van der Waals surface area contributed by atoms with Crippen LogP contribution in [-0.2, 0) is 10.0 Å². The van der Waals surface area contributed by atoms with E-state index in [0.717, 1.165) is 15.7 Å². The molecule has 94 valence electrons. The third kappa shape index (κ3) is 4.45. The first-order valence-electron chi connectivity index (χ1n) is 5.62. The number of halogens is 1. The van der Waals surface area contributed by atoms with E-state index >= 15 is 0 Å². The Hall–Kier alpha value is -0.323. The molecule has 0 atom stereocenters. The van der Waals surface area contributed by atoms with Gasteiger partial charge in [0.2, 0.25) is 9.76 Å². The van der Waals surface area contributed by atoms with Gasteiger partial charge < -0.3 is 10.2 Å². The standard InChI is InChI=1S/C13H20BrNOSi/c1-12(2,3)17-16-13(4,5)10-8-9(14)6-7-11(10)15/h6-8H,15H2,1-5H3.